The first-order chi connectivity index (χ1) is 13.3. The second-order valence-corrected chi connectivity index (χ2v) is 5.88. The van der Waals surface area contributed by atoms with Crippen LogP contribution in [0.4, 0.5) is 10.5 Å². The molecule has 5 heteroatoms. The number of rotatable bonds is 7. The molecule has 5 nitrogen and oxygen atoms in total. The van der Waals surface area contributed by atoms with Crippen molar-refractivity contribution in [1.29, 1.82) is 0 Å². The summed E-state index contributed by atoms with van der Waals surface area (Å²) in [6.07, 6.45) is 0. The van der Waals surface area contributed by atoms with E-state index in [1.165, 1.54) is 0 Å². The Kier molecular flexibility index (Phi) is 6.30. The largest absolute Gasteiger partial charge is 0.496 e. The molecule has 0 saturated carbocycles. The van der Waals surface area contributed by atoms with Crippen LogP contribution in [0.25, 0.3) is 0 Å². The van der Waals surface area contributed by atoms with Gasteiger partial charge in [0.25, 0.3) is 0 Å². The summed E-state index contributed by atoms with van der Waals surface area (Å²) in [5, 5.41) is 5.74. The number of ether oxygens (including phenoxy) is 2. The highest BCUT2D eigenvalue weighted by Gasteiger charge is 2.08. The molecule has 0 fully saturated rings. The van der Waals surface area contributed by atoms with Gasteiger partial charge in [-0.05, 0) is 24.3 Å². The molecule has 0 unspecified atom stereocenters. The first-order valence-corrected chi connectivity index (χ1v) is 8.69. The van der Waals surface area contributed by atoms with Gasteiger partial charge in [-0.3, -0.25) is 0 Å². The number of nitrogens with one attached hydrogen (secondary N) is 2. The zero-order valence-corrected chi connectivity index (χ0v) is 15.1. The van der Waals surface area contributed by atoms with E-state index in [1.807, 2.05) is 78.9 Å². The van der Waals surface area contributed by atoms with Crippen molar-refractivity contribution >= 4 is 11.7 Å². The van der Waals surface area contributed by atoms with Crippen LogP contribution in [0.15, 0.2) is 78.9 Å². The van der Waals surface area contributed by atoms with Crippen LogP contribution in [-0.2, 0) is 13.2 Å². The number of benzene rings is 3. The van der Waals surface area contributed by atoms with E-state index >= 15 is 0 Å². The molecule has 138 valence electrons. The van der Waals surface area contributed by atoms with Gasteiger partial charge in [0.15, 0.2) is 0 Å². The van der Waals surface area contributed by atoms with E-state index in [9.17, 15) is 4.79 Å². The minimum Gasteiger partial charge on any atom is -0.496 e. The molecule has 0 heterocycles. The quantitative estimate of drug-likeness (QED) is 0.646. The molecule has 0 atom stereocenters. The monoisotopic (exact) mass is 362 g/mol. The van der Waals surface area contributed by atoms with E-state index in [-0.39, 0.29) is 6.03 Å². The lowest BCUT2D eigenvalue weighted by molar-refractivity contribution is 0.251. The zero-order chi connectivity index (χ0) is 18.9. The Balaban J connectivity index is 1.59. The highest BCUT2D eigenvalue weighted by Crippen LogP contribution is 2.19. The maximum atomic E-state index is 12.3. The normalized spacial score (nSPS) is 10.1. The van der Waals surface area contributed by atoms with Gasteiger partial charge < -0.3 is 20.1 Å². The smallest absolute Gasteiger partial charge is 0.319 e. The fraction of sp³-hybridized carbons (Fsp3) is 0.136. The SMILES string of the molecule is COc1ccccc1CNC(=O)Nc1ccccc1COc1ccccc1. The number of amides is 2. The molecule has 3 aromatic carbocycles. The molecule has 27 heavy (non-hydrogen) atoms. The average molecular weight is 362 g/mol. The summed E-state index contributed by atoms with van der Waals surface area (Å²) in [7, 11) is 1.61. The summed E-state index contributed by atoms with van der Waals surface area (Å²) in [6.45, 7) is 0.742. The summed E-state index contributed by atoms with van der Waals surface area (Å²) in [6, 6.07) is 24.5. The van der Waals surface area contributed by atoms with Gasteiger partial charge in [-0.1, -0.05) is 54.6 Å². The van der Waals surface area contributed by atoms with Crippen LogP contribution < -0.4 is 20.1 Å². The van der Waals surface area contributed by atoms with Crippen LogP contribution in [-0.4, -0.2) is 13.1 Å². The molecule has 0 spiro atoms. The van der Waals surface area contributed by atoms with Crippen molar-refractivity contribution in [1.82, 2.24) is 5.32 Å². The lowest BCUT2D eigenvalue weighted by Crippen LogP contribution is -2.28. The van der Waals surface area contributed by atoms with Crippen molar-refractivity contribution in [3.8, 4) is 11.5 Å². The predicted octanol–water partition coefficient (Wildman–Crippen LogP) is 4.60. The molecule has 0 aromatic heterocycles. The highest BCUT2D eigenvalue weighted by molar-refractivity contribution is 5.90. The molecule has 0 aliphatic rings. The van der Waals surface area contributed by atoms with Gasteiger partial charge in [-0.25, -0.2) is 4.79 Å². The molecule has 3 aromatic rings. The summed E-state index contributed by atoms with van der Waals surface area (Å²) >= 11 is 0. The van der Waals surface area contributed by atoms with Gasteiger partial charge in [0.05, 0.1) is 7.11 Å². The van der Waals surface area contributed by atoms with E-state index in [0.29, 0.717) is 18.8 Å². The van der Waals surface area contributed by atoms with Crippen LogP contribution in [0, 0.1) is 0 Å². The lowest BCUT2D eigenvalue weighted by atomic mass is 10.2. The molecule has 0 aliphatic carbocycles. The van der Waals surface area contributed by atoms with Crippen molar-refractivity contribution < 1.29 is 14.3 Å². The van der Waals surface area contributed by atoms with E-state index < -0.39 is 0 Å². The number of hydrogen-bond donors (Lipinski definition) is 2. The summed E-state index contributed by atoms with van der Waals surface area (Å²) in [5.41, 5.74) is 2.52. The Morgan fingerprint density at radius 3 is 2.30 bits per heavy atom. The van der Waals surface area contributed by atoms with Gasteiger partial charge in [-0.15, -0.1) is 0 Å². The van der Waals surface area contributed by atoms with E-state index in [0.717, 1.165) is 22.6 Å². The van der Waals surface area contributed by atoms with E-state index in [2.05, 4.69) is 10.6 Å². The number of anilines is 1. The van der Waals surface area contributed by atoms with Gasteiger partial charge in [0, 0.05) is 23.4 Å². The predicted molar refractivity (Wildman–Crippen MR) is 106 cm³/mol. The molecule has 0 aliphatic heterocycles. The van der Waals surface area contributed by atoms with Gasteiger partial charge in [0.2, 0.25) is 0 Å². The third-order valence-electron chi connectivity index (χ3n) is 4.04. The van der Waals surface area contributed by atoms with Crippen LogP contribution >= 0.6 is 0 Å². The molecule has 0 saturated heterocycles. The fourth-order valence-corrected chi connectivity index (χ4v) is 2.64. The summed E-state index contributed by atoms with van der Waals surface area (Å²) in [4.78, 5) is 12.3. The Morgan fingerprint density at radius 2 is 1.52 bits per heavy atom. The Morgan fingerprint density at radius 1 is 0.852 bits per heavy atom. The first kappa shape index (κ1) is 18.3. The number of carbonyl (C=O) groups excluding carboxylic acids is 1. The van der Waals surface area contributed by atoms with Crippen molar-refractivity contribution in [3.63, 3.8) is 0 Å². The van der Waals surface area contributed by atoms with Crippen LogP contribution in [0.2, 0.25) is 0 Å². The summed E-state index contributed by atoms with van der Waals surface area (Å²) < 4.78 is 11.1. The van der Waals surface area contributed by atoms with Crippen LogP contribution in [0.3, 0.4) is 0 Å². The van der Waals surface area contributed by atoms with Crippen molar-refractivity contribution in [2.24, 2.45) is 0 Å². The second kappa shape index (κ2) is 9.29. The fourth-order valence-electron chi connectivity index (χ4n) is 2.64. The van der Waals surface area contributed by atoms with Crippen molar-refractivity contribution in [2.75, 3.05) is 12.4 Å². The number of hydrogen-bond acceptors (Lipinski definition) is 3. The maximum absolute atomic E-state index is 12.3. The Hall–Kier alpha value is -3.47. The van der Waals surface area contributed by atoms with Crippen molar-refractivity contribution in [2.45, 2.75) is 13.2 Å². The average Bonchev–Trinajstić information content (AvgIpc) is 2.72. The minimum atomic E-state index is -0.284. The maximum Gasteiger partial charge on any atom is 0.319 e. The Labute approximate surface area is 158 Å². The molecular formula is C22H22N2O3. The highest BCUT2D eigenvalue weighted by atomic mass is 16.5. The van der Waals surface area contributed by atoms with E-state index in [4.69, 9.17) is 9.47 Å². The Bertz CT molecular complexity index is 881. The number of carbonyl (C=O) groups is 1. The lowest BCUT2D eigenvalue weighted by Gasteiger charge is -2.14. The van der Waals surface area contributed by atoms with Gasteiger partial charge in [0.1, 0.15) is 18.1 Å². The zero-order valence-electron chi connectivity index (χ0n) is 15.1. The van der Waals surface area contributed by atoms with Crippen LogP contribution in [0.5, 0.6) is 11.5 Å². The first-order valence-electron chi connectivity index (χ1n) is 8.69. The molecule has 2 amide bonds. The van der Waals surface area contributed by atoms with Gasteiger partial charge >= 0.3 is 6.03 Å². The molecule has 3 rings (SSSR count). The van der Waals surface area contributed by atoms with Gasteiger partial charge in [-0.2, -0.15) is 0 Å². The molecule has 0 radical (unpaired) electrons. The molecule has 2 N–H and O–H groups in total. The third-order valence-corrected chi connectivity index (χ3v) is 4.04. The van der Waals surface area contributed by atoms with Crippen molar-refractivity contribution in [3.05, 3.63) is 90.0 Å². The topological polar surface area (TPSA) is 59.6 Å². The number of methoxy groups -OCH3 is 1. The van der Waals surface area contributed by atoms with E-state index in [1.54, 1.807) is 7.11 Å². The minimum absolute atomic E-state index is 0.284. The van der Waals surface area contributed by atoms with Crippen LogP contribution in [0.1, 0.15) is 11.1 Å². The number of urea groups is 1. The second-order valence-electron chi connectivity index (χ2n) is 5.88. The number of para-hydroxylation sites is 3. The molecular weight excluding hydrogens is 340 g/mol. The standard InChI is InChI=1S/C22H22N2O3/c1-26-21-14-8-6-9-17(21)15-23-22(25)24-20-13-7-5-10-18(20)16-27-19-11-3-2-4-12-19/h2-14H,15-16H2,1H3,(H2,23,24,25). The molecule has 0 bridgehead atoms. The summed E-state index contributed by atoms with van der Waals surface area (Å²) in [5.74, 6) is 1.53. The third kappa shape index (κ3) is 5.25.